The smallest absolute Gasteiger partial charge is 0.296 e. The van der Waals surface area contributed by atoms with Gasteiger partial charge in [-0.3, -0.25) is 0 Å². The highest BCUT2D eigenvalue weighted by molar-refractivity contribution is 7.15. The zero-order chi connectivity index (χ0) is 12.5. The summed E-state index contributed by atoms with van der Waals surface area (Å²) in [6, 6.07) is 0. The minimum absolute atomic E-state index is 0.0144. The Balaban J connectivity index is 2.23. The number of rotatable bonds is 3. The van der Waals surface area contributed by atoms with E-state index in [1.165, 1.54) is 6.42 Å². The van der Waals surface area contributed by atoms with E-state index in [9.17, 15) is 8.78 Å². The normalized spacial score (nSPS) is 17.5. The van der Waals surface area contributed by atoms with E-state index >= 15 is 0 Å². The van der Waals surface area contributed by atoms with Crippen LogP contribution in [0.5, 0.6) is 0 Å². The van der Waals surface area contributed by atoms with E-state index in [-0.39, 0.29) is 4.88 Å². The van der Waals surface area contributed by atoms with E-state index in [2.05, 4.69) is 9.88 Å². The molecule has 96 valence electrons. The number of piperidine rings is 1. The Morgan fingerprint density at radius 1 is 1.35 bits per heavy atom. The third-order valence-electron chi connectivity index (χ3n) is 3.00. The van der Waals surface area contributed by atoms with Gasteiger partial charge < -0.3 is 10.6 Å². The minimum atomic E-state index is -2.95. The van der Waals surface area contributed by atoms with Gasteiger partial charge >= 0.3 is 0 Å². The standard InChI is InChI=1S/C11H17F2N3S/c1-8-9(11(12,13)7-14)17-10(15-8)16-5-3-2-4-6-16/h2-7,14H2,1H3. The number of nitrogens with two attached hydrogens (primary N) is 1. The number of alkyl halides is 2. The van der Waals surface area contributed by atoms with Crippen LogP contribution in [0.3, 0.4) is 0 Å². The van der Waals surface area contributed by atoms with E-state index in [1.54, 1.807) is 6.92 Å². The first kappa shape index (κ1) is 12.7. The molecule has 1 aromatic heterocycles. The first-order valence-electron chi connectivity index (χ1n) is 5.85. The van der Waals surface area contributed by atoms with Crippen molar-refractivity contribution < 1.29 is 8.78 Å². The molecule has 0 aromatic carbocycles. The van der Waals surface area contributed by atoms with Crippen molar-refractivity contribution in [3.8, 4) is 0 Å². The quantitative estimate of drug-likeness (QED) is 0.909. The maximum Gasteiger partial charge on any atom is 0.296 e. The van der Waals surface area contributed by atoms with Gasteiger partial charge in [0.15, 0.2) is 5.13 Å². The SMILES string of the molecule is Cc1nc(N2CCCCC2)sc1C(F)(F)CN. The summed E-state index contributed by atoms with van der Waals surface area (Å²) in [5.74, 6) is -2.95. The molecule has 0 amide bonds. The Morgan fingerprint density at radius 3 is 2.59 bits per heavy atom. The lowest BCUT2D eigenvalue weighted by Gasteiger charge is -2.25. The minimum Gasteiger partial charge on any atom is -0.348 e. The molecule has 3 nitrogen and oxygen atoms in total. The van der Waals surface area contributed by atoms with Crippen molar-refractivity contribution in [3.63, 3.8) is 0 Å². The van der Waals surface area contributed by atoms with Crippen LogP contribution in [0.25, 0.3) is 0 Å². The molecule has 2 N–H and O–H groups in total. The molecule has 2 heterocycles. The Hall–Kier alpha value is -0.750. The molecule has 1 fully saturated rings. The Morgan fingerprint density at radius 2 is 2.00 bits per heavy atom. The summed E-state index contributed by atoms with van der Waals surface area (Å²) in [6.07, 6.45) is 3.44. The second kappa shape index (κ2) is 4.86. The summed E-state index contributed by atoms with van der Waals surface area (Å²) in [7, 11) is 0. The van der Waals surface area contributed by atoms with Gasteiger partial charge in [-0.1, -0.05) is 11.3 Å². The fraction of sp³-hybridized carbons (Fsp3) is 0.727. The first-order valence-corrected chi connectivity index (χ1v) is 6.67. The van der Waals surface area contributed by atoms with Gasteiger partial charge in [0.25, 0.3) is 5.92 Å². The first-order chi connectivity index (χ1) is 8.04. The highest BCUT2D eigenvalue weighted by Crippen LogP contribution is 2.37. The van der Waals surface area contributed by atoms with Crippen molar-refractivity contribution in [1.82, 2.24) is 4.98 Å². The maximum atomic E-state index is 13.6. The second-order valence-electron chi connectivity index (χ2n) is 4.37. The van der Waals surface area contributed by atoms with E-state index in [1.807, 2.05) is 0 Å². The van der Waals surface area contributed by atoms with Gasteiger partial charge in [0.1, 0.15) is 0 Å². The second-order valence-corrected chi connectivity index (χ2v) is 5.34. The predicted octanol–water partition coefficient (Wildman–Crippen LogP) is 2.49. The number of aromatic nitrogens is 1. The molecule has 0 bridgehead atoms. The molecule has 0 unspecified atom stereocenters. The van der Waals surface area contributed by atoms with Crippen LogP contribution in [0.15, 0.2) is 0 Å². The summed E-state index contributed by atoms with van der Waals surface area (Å²) in [6.45, 7) is 2.81. The topological polar surface area (TPSA) is 42.2 Å². The fourth-order valence-electron chi connectivity index (χ4n) is 2.03. The van der Waals surface area contributed by atoms with Crippen molar-refractivity contribution in [1.29, 1.82) is 0 Å². The van der Waals surface area contributed by atoms with Crippen LogP contribution in [0, 0.1) is 6.92 Å². The van der Waals surface area contributed by atoms with Crippen molar-refractivity contribution >= 4 is 16.5 Å². The fourth-order valence-corrected chi connectivity index (χ4v) is 3.14. The molecule has 1 aliphatic rings. The molecule has 6 heteroatoms. The summed E-state index contributed by atoms with van der Waals surface area (Å²) in [5, 5.41) is 0.713. The number of aryl methyl sites for hydroxylation is 1. The van der Waals surface area contributed by atoms with Crippen LogP contribution in [0.1, 0.15) is 29.8 Å². The number of nitrogens with zero attached hydrogens (tertiary/aromatic N) is 2. The summed E-state index contributed by atoms with van der Waals surface area (Å²) in [5.41, 5.74) is 5.52. The molecular formula is C11H17F2N3S. The lowest BCUT2D eigenvalue weighted by Crippen LogP contribution is -2.29. The van der Waals surface area contributed by atoms with Crippen molar-refractivity contribution in [2.45, 2.75) is 32.1 Å². The summed E-state index contributed by atoms with van der Waals surface area (Å²) in [4.78, 5) is 6.37. The zero-order valence-electron chi connectivity index (χ0n) is 9.88. The van der Waals surface area contributed by atoms with Gasteiger partial charge in [-0.2, -0.15) is 8.78 Å². The molecule has 0 atom stereocenters. The summed E-state index contributed by atoms with van der Waals surface area (Å²) >= 11 is 1.08. The lowest BCUT2D eigenvalue weighted by molar-refractivity contribution is 0.00907. The molecular weight excluding hydrogens is 244 g/mol. The molecule has 17 heavy (non-hydrogen) atoms. The van der Waals surface area contributed by atoms with Crippen LogP contribution in [-0.4, -0.2) is 24.6 Å². The average Bonchev–Trinajstić information content (AvgIpc) is 2.73. The molecule has 2 rings (SSSR count). The number of halogens is 2. The Labute approximate surface area is 104 Å². The van der Waals surface area contributed by atoms with Crippen molar-refractivity contribution in [2.75, 3.05) is 24.5 Å². The molecule has 1 aromatic rings. The third-order valence-corrected chi connectivity index (χ3v) is 4.33. The molecule has 1 aliphatic heterocycles. The van der Waals surface area contributed by atoms with Crippen LogP contribution in [0.2, 0.25) is 0 Å². The van der Waals surface area contributed by atoms with Gasteiger partial charge in [-0.25, -0.2) is 4.98 Å². The third kappa shape index (κ3) is 2.57. The van der Waals surface area contributed by atoms with E-state index < -0.39 is 12.5 Å². The highest BCUT2D eigenvalue weighted by atomic mass is 32.1. The number of anilines is 1. The number of hydrogen-bond acceptors (Lipinski definition) is 4. The Kier molecular flexibility index (Phi) is 3.63. The van der Waals surface area contributed by atoms with Crippen molar-refractivity contribution in [3.05, 3.63) is 10.6 Å². The van der Waals surface area contributed by atoms with E-state index in [0.29, 0.717) is 10.8 Å². The summed E-state index contributed by atoms with van der Waals surface area (Å²) < 4.78 is 27.1. The number of hydrogen-bond donors (Lipinski definition) is 1. The lowest BCUT2D eigenvalue weighted by atomic mass is 10.1. The zero-order valence-corrected chi connectivity index (χ0v) is 10.7. The monoisotopic (exact) mass is 261 g/mol. The largest absolute Gasteiger partial charge is 0.348 e. The molecule has 0 saturated carbocycles. The Bertz CT molecular complexity index is 386. The average molecular weight is 261 g/mol. The van der Waals surface area contributed by atoms with Crippen LogP contribution >= 0.6 is 11.3 Å². The number of thiazole rings is 1. The predicted molar refractivity (Wildman–Crippen MR) is 65.9 cm³/mol. The maximum absolute atomic E-state index is 13.6. The van der Waals surface area contributed by atoms with Crippen LogP contribution in [-0.2, 0) is 5.92 Å². The van der Waals surface area contributed by atoms with E-state index in [0.717, 1.165) is 37.3 Å². The van der Waals surface area contributed by atoms with Gasteiger partial charge in [-0.15, -0.1) is 0 Å². The van der Waals surface area contributed by atoms with Gasteiger partial charge in [0.05, 0.1) is 17.1 Å². The molecule has 0 spiro atoms. The molecule has 1 saturated heterocycles. The van der Waals surface area contributed by atoms with Gasteiger partial charge in [-0.05, 0) is 26.2 Å². The van der Waals surface area contributed by atoms with E-state index in [4.69, 9.17) is 5.73 Å². The van der Waals surface area contributed by atoms with Gasteiger partial charge in [0.2, 0.25) is 0 Å². The molecule has 0 radical (unpaired) electrons. The van der Waals surface area contributed by atoms with Crippen LogP contribution in [0.4, 0.5) is 13.9 Å². The molecule has 0 aliphatic carbocycles. The van der Waals surface area contributed by atoms with Crippen LogP contribution < -0.4 is 10.6 Å². The van der Waals surface area contributed by atoms with Gasteiger partial charge in [0, 0.05) is 13.1 Å². The van der Waals surface area contributed by atoms with Crippen molar-refractivity contribution in [2.24, 2.45) is 5.73 Å². The highest BCUT2D eigenvalue weighted by Gasteiger charge is 2.35.